The van der Waals surface area contributed by atoms with E-state index in [2.05, 4.69) is 25.8 Å². The molecule has 0 bridgehead atoms. The predicted octanol–water partition coefficient (Wildman–Crippen LogP) is 6.63. The molecule has 14 nitrogen and oxygen atoms in total. The molecule has 0 aliphatic carbocycles. The average molecular weight is 681 g/mol. The van der Waals surface area contributed by atoms with Gasteiger partial charge in [0, 0.05) is 43.1 Å². The van der Waals surface area contributed by atoms with E-state index in [-0.39, 0.29) is 34.3 Å². The first-order valence-corrected chi connectivity index (χ1v) is 15.8. The topological polar surface area (TPSA) is 177 Å². The van der Waals surface area contributed by atoms with Gasteiger partial charge in [-0.25, -0.2) is 0 Å². The highest BCUT2D eigenvalue weighted by Gasteiger charge is 2.42. The van der Waals surface area contributed by atoms with Crippen LogP contribution in [0.1, 0.15) is 56.8 Å². The number of aliphatic imine (C=N–C) groups is 1. The highest BCUT2D eigenvalue weighted by Crippen LogP contribution is 2.44. The number of hydrogen-bond acceptors (Lipinski definition) is 12. The lowest BCUT2D eigenvalue weighted by molar-refractivity contribution is -0.385. The number of benzene rings is 3. The van der Waals surface area contributed by atoms with Crippen LogP contribution in [0.25, 0.3) is 0 Å². The van der Waals surface area contributed by atoms with Crippen molar-refractivity contribution in [1.82, 2.24) is 4.90 Å². The molecule has 0 saturated carbocycles. The molecule has 0 spiro atoms. The van der Waals surface area contributed by atoms with Crippen molar-refractivity contribution in [3.63, 3.8) is 0 Å². The van der Waals surface area contributed by atoms with Crippen LogP contribution in [0, 0.1) is 15.5 Å². The van der Waals surface area contributed by atoms with E-state index in [4.69, 9.17) is 34.2 Å². The van der Waals surface area contributed by atoms with Gasteiger partial charge in [0.05, 0.1) is 51.2 Å². The Morgan fingerprint density at radius 2 is 1.65 bits per heavy atom. The number of nitrogens with zero attached hydrogens (tertiary/aromatic N) is 3. The van der Waals surface area contributed by atoms with Crippen molar-refractivity contribution in [3.8, 4) is 46.0 Å². The lowest BCUT2D eigenvalue weighted by Gasteiger charge is -2.30. The number of amides is 1. The van der Waals surface area contributed by atoms with Gasteiger partial charge >= 0.3 is 5.69 Å². The summed E-state index contributed by atoms with van der Waals surface area (Å²) >= 11 is 0. The van der Waals surface area contributed by atoms with Crippen LogP contribution in [-0.2, 0) is 0 Å². The number of nitrogens with two attached hydrogens (primary N) is 1. The van der Waals surface area contributed by atoms with Gasteiger partial charge in [-0.15, -0.1) is 0 Å². The first-order chi connectivity index (χ1) is 23.3. The van der Waals surface area contributed by atoms with E-state index in [1.165, 1.54) is 39.5 Å². The lowest BCUT2D eigenvalue weighted by Crippen LogP contribution is -2.54. The Hall–Kier alpha value is -5.24. The van der Waals surface area contributed by atoms with E-state index in [1.807, 2.05) is 0 Å². The summed E-state index contributed by atoms with van der Waals surface area (Å²) in [5.74, 6) is 2.06. The summed E-state index contributed by atoms with van der Waals surface area (Å²) in [6.07, 6.45) is 5.48. The second-order valence-corrected chi connectivity index (χ2v) is 12.4. The third-order valence-corrected chi connectivity index (χ3v) is 8.20. The van der Waals surface area contributed by atoms with Crippen molar-refractivity contribution >= 4 is 23.5 Å². The minimum absolute atomic E-state index is 0.0652. The quantitative estimate of drug-likeness (QED) is 0.155. The smallest absolute Gasteiger partial charge is 0.311 e. The van der Waals surface area contributed by atoms with E-state index < -0.39 is 10.6 Å². The lowest BCUT2D eigenvalue weighted by atomic mass is 9.89. The Labute approximate surface area is 285 Å². The standard InChI is InChI=1S/C20H29N3O3.C15H15NO7/c1-5-7-19(2,3)13-26-17-11-15-14(10-16(17)25-4)18(24)23-9-6-8-20(23,21)12-22-15;1-20-13-7-10(8-14(21-2)15(13)22-3)23-12-6-9(17)4-5-11(12)16(18)19/h10-12H,5-9,13,21H2,1-4H3;4-8,17H,1-3H3. The van der Waals surface area contributed by atoms with Crippen molar-refractivity contribution in [2.75, 3.05) is 41.6 Å². The molecule has 3 N–H and O–H groups in total. The molecule has 1 saturated heterocycles. The summed E-state index contributed by atoms with van der Waals surface area (Å²) in [6, 6.07) is 10.0. The number of aromatic hydroxyl groups is 1. The summed E-state index contributed by atoms with van der Waals surface area (Å²) in [4.78, 5) is 29.6. The number of methoxy groups -OCH3 is 4. The molecular formula is C35H44N4O10. The molecule has 3 aromatic carbocycles. The van der Waals surface area contributed by atoms with Crippen LogP contribution in [0.3, 0.4) is 0 Å². The monoisotopic (exact) mass is 680 g/mol. The van der Waals surface area contributed by atoms with Crippen LogP contribution in [0.2, 0.25) is 0 Å². The summed E-state index contributed by atoms with van der Waals surface area (Å²) in [5.41, 5.74) is 6.46. The molecule has 2 aliphatic rings. The van der Waals surface area contributed by atoms with Crippen molar-refractivity contribution < 1.29 is 43.2 Å². The molecule has 0 aromatic heterocycles. The van der Waals surface area contributed by atoms with E-state index in [0.717, 1.165) is 37.8 Å². The Morgan fingerprint density at radius 3 is 2.24 bits per heavy atom. The highest BCUT2D eigenvalue weighted by atomic mass is 16.6. The molecule has 1 unspecified atom stereocenters. The number of fused-ring (bicyclic) bond motifs is 2. The van der Waals surface area contributed by atoms with Gasteiger partial charge in [0.25, 0.3) is 5.91 Å². The zero-order valence-corrected chi connectivity index (χ0v) is 28.9. The fourth-order valence-electron chi connectivity index (χ4n) is 5.72. The van der Waals surface area contributed by atoms with Gasteiger partial charge in [-0.2, -0.15) is 0 Å². The maximum atomic E-state index is 13.0. The molecule has 14 heteroatoms. The molecule has 5 rings (SSSR count). The molecule has 1 amide bonds. The van der Waals surface area contributed by atoms with Crippen molar-refractivity contribution in [3.05, 3.63) is 58.1 Å². The number of phenols is 1. The molecule has 2 heterocycles. The Bertz CT molecular complexity index is 1680. The maximum Gasteiger partial charge on any atom is 0.311 e. The number of carbonyl (C=O) groups is 1. The van der Waals surface area contributed by atoms with E-state index >= 15 is 0 Å². The predicted molar refractivity (Wildman–Crippen MR) is 183 cm³/mol. The van der Waals surface area contributed by atoms with Gasteiger partial charge in [-0.05, 0) is 36.8 Å². The first kappa shape index (κ1) is 36.6. The van der Waals surface area contributed by atoms with Crippen LogP contribution < -0.4 is 34.2 Å². The second-order valence-electron chi connectivity index (χ2n) is 12.4. The first-order valence-electron chi connectivity index (χ1n) is 15.8. The van der Waals surface area contributed by atoms with Crippen LogP contribution in [0.4, 0.5) is 11.4 Å². The molecule has 1 fully saturated rings. The number of nitro groups is 1. The van der Waals surface area contributed by atoms with E-state index in [9.17, 15) is 20.0 Å². The molecule has 264 valence electrons. The third-order valence-electron chi connectivity index (χ3n) is 8.20. The molecule has 1 atom stereocenters. The third kappa shape index (κ3) is 8.26. The molecule has 2 aliphatic heterocycles. The SMILES string of the molecule is CCCC(C)(C)COc1cc2c(cc1OC)C(=O)N1CCCC1(N)C=N2.COc1cc(Oc2cc(O)ccc2[N+](=O)[O-])cc(OC)c1OC. The van der Waals surface area contributed by atoms with Crippen molar-refractivity contribution in [1.29, 1.82) is 0 Å². The van der Waals surface area contributed by atoms with Crippen LogP contribution in [0.5, 0.6) is 46.0 Å². The average Bonchev–Trinajstić information content (AvgIpc) is 3.42. The fourth-order valence-corrected chi connectivity index (χ4v) is 5.72. The maximum absolute atomic E-state index is 13.0. The second kappa shape index (κ2) is 15.3. The van der Waals surface area contributed by atoms with Gasteiger partial charge in [0.15, 0.2) is 23.0 Å². The zero-order chi connectivity index (χ0) is 35.9. The van der Waals surface area contributed by atoms with Gasteiger partial charge in [-0.3, -0.25) is 19.9 Å². The van der Waals surface area contributed by atoms with Crippen LogP contribution in [0.15, 0.2) is 47.5 Å². The molecule has 3 aromatic rings. The summed E-state index contributed by atoms with van der Waals surface area (Å²) in [5, 5.41) is 20.6. The van der Waals surface area contributed by atoms with Crippen molar-refractivity contribution in [2.45, 2.75) is 52.1 Å². The van der Waals surface area contributed by atoms with Gasteiger partial charge in [0.2, 0.25) is 11.5 Å². The number of carbonyl (C=O) groups excluding carboxylic acids is 1. The highest BCUT2D eigenvalue weighted by molar-refractivity contribution is 6.04. The molecule has 0 radical (unpaired) electrons. The van der Waals surface area contributed by atoms with Gasteiger partial charge < -0.3 is 44.2 Å². The van der Waals surface area contributed by atoms with Crippen molar-refractivity contribution in [2.24, 2.45) is 16.1 Å². The molecule has 49 heavy (non-hydrogen) atoms. The van der Waals surface area contributed by atoms with E-state index in [0.29, 0.717) is 53.2 Å². The van der Waals surface area contributed by atoms with E-state index in [1.54, 1.807) is 30.4 Å². The number of hydrogen-bond donors (Lipinski definition) is 2. The fraction of sp³-hybridized carbons (Fsp3) is 0.429. The number of rotatable bonds is 12. The minimum Gasteiger partial charge on any atom is -0.508 e. The normalized spacial score (nSPS) is 16.4. The number of nitro benzene ring substituents is 1. The van der Waals surface area contributed by atoms with Gasteiger partial charge in [-0.1, -0.05) is 27.2 Å². The number of ether oxygens (including phenoxy) is 6. The van der Waals surface area contributed by atoms with Crippen LogP contribution in [-0.4, -0.2) is 74.3 Å². The summed E-state index contributed by atoms with van der Waals surface area (Å²) < 4.78 is 32.6. The Balaban J connectivity index is 0.000000223. The zero-order valence-electron chi connectivity index (χ0n) is 28.9. The van der Waals surface area contributed by atoms with Gasteiger partial charge in [0.1, 0.15) is 17.2 Å². The summed E-state index contributed by atoms with van der Waals surface area (Å²) in [6.45, 7) is 7.74. The summed E-state index contributed by atoms with van der Waals surface area (Å²) in [7, 11) is 5.93. The minimum atomic E-state index is -0.798. The molecular weight excluding hydrogens is 636 g/mol. The number of phenolic OH excluding ortho intramolecular Hbond substituents is 1. The Kier molecular flexibility index (Phi) is 11.4. The Morgan fingerprint density at radius 1 is 0.980 bits per heavy atom. The largest absolute Gasteiger partial charge is 0.508 e. The van der Waals surface area contributed by atoms with Crippen LogP contribution >= 0.6 is 0 Å².